The highest BCUT2D eigenvalue weighted by atomic mass is 35.5. The molecule has 0 unspecified atom stereocenters. The molecule has 0 bridgehead atoms. The van der Waals surface area contributed by atoms with E-state index in [0.717, 1.165) is 18.4 Å². The number of unbranched alkanes of at least 4 members (excludes halogenated alkanes) is 14. The monoisotopic (exact) mass is 445 g/mol. The van der Waals surface area contributed by atoms with Crippen molar-refractivity contribution in [2.45, 2.75) is 110 Å². The molecule has 1 aromatic heterocycles. The van der Waals surface area contributed by atoms with Gasteiger partial charge in [0.25, 0.3) is 0 Å². The molecular weight excluding hydrogens is 406 g/mol. The molecule has 0 amide bonds. The topological polar surface area (TPSA) is 51.3 Å². The van der Waals surface area contributed by atoms with Gasteiger partial charge in [-0.15, -0.1) is 5.10 Å². The highest BCUT2D eigenvalue weighted by Crippen LogP contribution is 2.16. The zero-order valence-corrected chi connectivity index (χ0v) is 20.1. The molecule has 2 aromatic rings. The first-order valence-electron chi connectivity index (χ1n) is 12.4. The van der Waals surface area contributed by atoms with Crippen LogP contribution in [-0.4, -0.2) is 16.4 Å². The van der Waals surface area contributed by atoms with Gasteiger partial charge >= 0.3 is 6.01 Å². The van der Waals surface area contributed by atoms with Crippen LogP contribution in [0.1, 0.15) is 115 Å². The minimum Gasteiger partial charge on any atom is -0.407 e. The third-order valence-corrected chi connectivity index (χ3v) is 5.90. The second-order valence-corrected chi connectivity index (χ2v) is 8.92. The van der Waals surface area contributed by atoms with Crippen LogP contribution in [0.15, 0.2) is 33.7 Å². The molecule has 172 valence electrons. The van der Waals surface area contributed by atoms with E-state index in [9.17, 15) is 0 Å². The average molecular weight is 446 g/mol. The number of halogens is 1. The number of aromatic nitrogens is 2. The zero-order chi connectivity index (χ0) is 22.0. The Morgan fingerprint density at radius 3 is 1.81 bits per heavy atom. The normalized spacial score (nSPS) is 11.5. The molecular formula is C26H40ClN3O. The fraction of sp³-hybridized carbons (Fsp3) is 0.654. The highest BCUT2D eigenvalue weighted by molar-refractivity contribution is 6.30. The van der Waals surface area contributed by atoms with Gasteiger partial charge in [-0.05, 0) is 24.1 Å². The van der Waals surface area contributed by atoms with E-state index in [1.807, 2.05) is 24.3 Å². The quantitative estimate of drug-likeness (QED) is 0.170. The summed E-state index contributed by atoms with van der Waals surface area (Å²) in [5.74, 6) is 0.679. The summed E-state index contributed by atoms with van der Waals surface area (Å²) < 4.78 is 5.60. The van der Waals surface area contributed by atoms with Crippen LogP contribution < -0.4 is 0 Å². The van der Waals surface area contributed by atoms with Gasteiger partial charge in [0.05, 0.1) is 0 Å². The largest absolute Gasteiger partial charge is 0.407 e. The number of aliphatic imine (C=N–C) groups is 1. The van der Waals surface area contributed by atoms with Crippen molar-refractivity contribution in [1.82, 2.24) is 10.2 Å². The number of nitrogens with zero attached hydrogens (tertiary/aromatic N) is 3. The van der Waals surface area contributed by atoms with Gasteiger partial charge in [-0.25, -0.2) is 4.99 Å². The average Bonchev–Trinajstić information content (AvgIpc) is 3.24. The van der Waals surface area contributed by atoms with Crippen LogP contribution in [0.3, 0.4) is 0 Å². The Balaban J connectivity index is 1.41. The van der Waals surface area contributed by atoms with Gasteiger partial charge in [-0.2, -0.15) is 0 Å². The third kappa shape index (κ3) is 12.7. The van der Waals surface area contributed by atoms with Gasteiger partial charge in [0.1, 0.15) is 0 Å². The Hall–Kier alpha value is -1.68. The van der Waals surface area contributed by atoms with E-state index < -0.39 is 0 Å². The standard InChI is InChI=1S/C26H40ClN3O/c1-2-3-4-5-6-7-8-9-10-11-12-13-14-15-16-17-25-29-30-26(31-25)28-22-23-18-20-24(27)21-19-23/h18-22H,2-17H2,1H3. The van der Waals surface area contributed by atoms with Crippen molar-refractivity contribution < 1.29 is 4.42 Å². The van der Waals surface area contributed by atoms with Crippen LogP contribution in [0.25, 0.3) is 0 Å². The summed E-state index contributed by atoms with van der Waals surface area (Å²) in [6.07, 6.45) is 23.1. The lowest BCUT2D eigenvalue weighted by atomic mass is 10.0. The van der Waals surface area contributed by atoms with Crippen LogP contribution in [-0.2, 0) is 6.42 Å². The van der Waals surface area contributed by atoms with Crippen LogP contribution in [0.4, 0.5) is 6.01 Å². The molecule has 0 aliphatic rings. The number of aryl methyl sites for hydroxylation is 1. The van der Waals surface area contributed by atoms with Crippen molar-refractivity contribution >= 4 is 23.8 Å². The summed E-state index contributed by atoms with van der Waals surface area (Å²) in [6, 6.07) is 7.78. The summed E-state index contributed by atoms with van der Waals surface area (Å²) >= 11 is 5.88. The maximum atomic E-state index is 5.88. The number of hydrogen-bond acceptors (Lipinski definition) is 4. The smallest absolute Gasteiger partial charge is 0.342 e. The van der Waals surface area contributed by atoms with Gasteiger partial charge in [-0.3, -0.25) is 0 Å². The SMILES string of the molecule is CCCCCCCCCCCCCCCCCc1nnc(N=Cc2ccc(Cl)cc2)o1. The summed E-state index contributed by atoms with van der Waals surface area (Å²) in [5.41, 5.74) is 0.951. The molecule has 0 aliphatic heterocycles. The second-order valence-electron chi connectivity index (χ2n) is 8.49. The Bertz CT molecular complexity index is 712. The van der Waals surface area contributed by atoms with Crippen LogP contribution in [0.2, 0.25) is 5.02 Å². The first-order valence-corrected chi connectivity index (χ1v) is 12.8. The fourth-order valence-corrected chi connectivity index (χ4v) is 3.85. The predicted molar refractivity (Wildman–Crippen MR) is 132 cm³/mol. The lowest BCUT2D eigenvalue weighted by Gasteiger charge is -2.03. The molecule has 0 fully saturated rings. The summed E-state index contributed by atoms with van der Waals surface area (Å²) in [4.78, 5) is 4.24. The predicted octanol–water partition coefficient (Wildman–Crippen LogP) is 8.89. The number of rotatable bonds is 18. The molecule has 0 N–H and O–H groups in total. The fourth-order valence-electron chi connectivity index (χ4n) is 3.72. The number of benzene rings is 1. The summed E-state index contributed by atoms with van der Waals surface area (Å²) in [7, 11) is 0. The van der Waals surface area contributed by atoms with Crippen molar-refractivity contribution in [2.24, 2.45) is 4.99 Å². The van der Waals surface area contributed by atoms with Crippen molar-refractivity contribution in [2.75, 3.05) is 0 Å². The molecule has 1 heterocycles. The Kier molecular flexibility index (Phi) is 14.0. The molecule has 0 radical (unpaired) electrons. The van der Waals surface area contributed by atoms with E-state index in [2.05, 4.69) is 22.1 Å². The van der Waals surface area contributed by atoms with E-state index in [-0.39, 0.29) is 0 Å². The van der Waals surface area contributed by atoms with E-state index >= 15 is 0 Å². The van der Waals surface area contributed by atoms with E-state index in [0.29, 0.717) is 16.9 Å². The van der Waals surface area contributed by atoms with Gasteiger partial charge in [0.15, 0.2) is 0 Å². The molecule has 0 atom stereocenters. The van der Waals surface area contributed by atoms with Crippen LogP contribution >= 0.6 is 11.6 Å². The summed E-state index contributed by atoms with van der Waals surface area (Å²) in [5, 5.41) is 8.80. The van der Waals surface area contributed by atoms with Crippen molar-refractivity contribution in [3.05, 3.63) is 40.7 Å². The lowest BCUT2D eigenvalue weighted by molar-refractivity contribution is 0.483. The molecule has 4 nitrogen and oxygen atoms in total. The highest BCUT2D eigenvalue weighted by Gasteiger charge is 2.04. The van der Waals surface area contributed by atoms with Gasteiger partial charge in [0.2, 0.25) is 5.89 Å². The maximum Gasteiger partial charge on any atom is 0.342 e. The Morgan fingerprint density at radius 2 is 1.26 bits per heavy atom. The van der Waals surface area contributed by atoms with Crippen molar-refractivity contribution in [3.8, 4) is 0 Å². The molecule has 0 aliphatic carbocycles. The molecule has 0 saturated carbocycles. The Morgan fingerprint density at radius 1 is 0.742 bits per heavy atom. The van der Waals surface area contributed by atoms with E-state index in [1.165, 1.54) is 89.9 Å². The zero-order valence-electron chi connectivity index (χ0n) is 19.3. The van der Waals surface area contributed by atoms with E-state index in [4.69, 9.17) is 16.0 Å². The molecule has 0 saturated heterocycles. The van der Waals surface area contributed by atoms with Gasteiger partial charge < -0.3 is 4.42 Å². The number of hydrogen-bond donors (Lipinski definition) is 0. The molecule has 0 spiro atoms. The van der Waals surface area contributed by atoms with Gasteiger partial charge in [-0.1, -0.05) is 126 Å². The first kappa shape index (κ1) is 25.6. The van der Waals surface area contributed by atoms with Gasteiger partial charge in [0, 0.05) is 17.7 Å². The molecule has 31 heavy (non-hydrogen) atoms. The van der Waals surface area contributed by atoms with Crippen LogP contribution in [0, 0.1) is 0 Å². The van der Waals surface area contributed by atoms with Crippen molar-refractivity contribution in [1.29, 1.82) is 0 Å². The maximum absolute atomic E-state index is 5.88. The molecule has 1 aromatic carbocycles. The molecule has 5 heteroatoms. The Labute approximate surface area is 193 Å². The lowest BCUT2D eigenvalue weighted by Crippen LogP contribution is -1.87. The minimum atomic E-state index is 0.311. The van der Waals surface area contributed by atoms with Crippen LogP contribution in [0.5, 0.6) is 0 Å². The minimum absolute atomic E-state index is 0.311. The summed E-state index contributed by atoms with van der Waals surface area (Å²) in [6.45, 7) is 2.28. The molecule has 2 rings (SSSR count). The second kappa shape index (κ2) is 16.9. The first-order chi connectivity index (χ1) is 15.3. The van der Waals surface area contributed by atoms with E-state index in [1.54, 1.807) is 6.21 Å². The third-order valence-electron chi connectivity index (χ3n) is 5.64. The van der Waals surface area contributed by atoms with Crippen molar-refractivity contribution in [3.63, 3.8) is 0 Å².